The van der Waals surface area contributed by atoms with Crippen molar-refractivity contribution in [2.45, 2.75) is 12.0 Å². The number of carbonyl (C=O) groups is 1. The molecule has 2 aliphatic heterocycles. The van der Waals surface area contributed by atoms with Crippen molar-refractivity contribution >= 4 is 21.7 Å². The van der Waals surface area contributed by atoms with Crippen LogP contribution in [0, 0.1) is 0 Å². The molecule has 0 aromatic rings. The molecule has 2 amide bonds. The first-order valence-corrected chi connectivity index (χ1v) is 6.71. The molecule has 0 saturated carbocycles. The summed E-state index contributed by atoms with van der Waals surface area (Å²) in [7, 11) is -3.13. The molecule has 0 aromatic carbocycles. The van der Waals surface area contributed by atoms with Gasteiger partial charge in [-0.1, -0.05) is 6.08 Å². The van der Waals surface area contributed by atoms with Crippen molar-refractivity contribution in [3.05, 3.63) is 12.7 Å². The van der Waals surface area contributed by atoms with Crippen LogP contribution < -0.4 is 5.73 Å². The van der Waals surface area contributed by atoms with E-state index in [1.54, 1.807) is 6.08 Å². The van der Waals surface area contributed by atoms with E-state index >= 15 is 0 Å². The van der Waals surface area contributed by atoms with Crippen molar-refractivity contribution in [2.75, 3.05) is 18.1 Å². The van der Waals surface area contributed by atoms with Gasteiger partial charge in [-0.05, 0) is 6.42 Å². The van der Waals surface area contributed by atoms with Gasteiger partial charge < -0.3 is 10.6 Å². The molecular weight excluding hydrogens is 230 g/mol. The lowest BCUT2D eigenvalue weighted by molar-refractivity contribution is 0.190. The molecule has 0 bridgehead atoms. The van der Waals surface area contributed by atoms with E-state index in [0.717, 1.165) is 0 Å². The molecule has 1 unspecified atom stereocenters. The largest absolute Gasteiger partial charge is 0.385 e. The number of aliphatic imine (C=N–C) groups is 1. The molecule has 1 saturated heterocycles. The van der Waals surface area contributed by atoms with Gasteiger partial charge in [-0.3, -0.25) is 0 Å². The van der Waals surface area contributed by atoms with Crippen LogP contribution in [0.5, 0.6) is 0 Å². The average molecular weight is 243 g/mol. The first-order chi connectivity index (χ1) is 7.41. The van der Waals surface area contributed by atoms with Crippen LogP contribution in [0.15, 0.2) is 17.6 Å². The summed E-state index contributed by atoms with van der Waals surface area (Å²) in [5.74, 6) is 0.0272. The summed E-state index contributed by atoms with van der Waals surface area (Å²) >= 11 is 0. The second-order valence-electron chi connectivity index (χ2n) is 4.05. The lowest BCUT2D eigenvalue weighted by atomic mass is 9.96. The van der Waals surface area contributed by atoms with Gasteiger partial charge in [0, 0.05) is 6.54 Å². The van der Waals surface area contributed by atoms with Crippen LogP contribution in [0.1, 0.15) is 6.42 Å². The Morgan fingerprint density at radius 2 is 2.31 bits per heavy atom. The predicted octanol–water partition coefficient (Wildman–Crippen LogP) is -0.477. The van der Waals surface area contributed by atoms with Crippen LogP contribution in [0.2, 0.25) is 0 Å². The summed E-state index contributed by atoms with van der Waals surface area (Å²) in [5, 5.41) is 0. The Hall–Kier alpha value is -1.37. The maximum absolute atomic E-state index is 11.6. The smallest absolute Gasteiger partial charge is 0.346 e. The first kappa shape index (κ1) is 11.1. The monoisotopic (exact) mass is 243 g/mol. The molecule has 1 atom stereocenters. The zero-order chi connectivity index (χ0) is 12.0. The number of carbonyl (C=O) groups excluding carboxylic acids is 1. The third kappa shape index (κ3) is 1.42. The Kier molecular flexibility index (Phi) is 2.30. The molecule has 2 aliphatic rings. The average Bonchev–Trinajstić information content (AvgIpc) is 2.61. The maximum Gasteiger partial charge on any atom is 0.346 e. The van der Waals surface area contributed by atoms with Crippen LogP contribution in [0.3, 0.4) is 0 Å². The molecule has 7 heteroatoms. The van der Waals surface area contributed by atoms with Crippen molar-refractivity contribution in [3.63, 3.8) is 0 Å². The summed E-state index contributed by atoms with van der Waals surface area (Å²) in [4.78, 5) is 16.6. The molecule has 0 aliphatic carbocycles. The van der Waals surface area contributed by atoms with Crippen molar-refractivity contribution in [3.8, 4) is 0 Å². The highest BCUT2D eigenvalue weighted by Gasteiger charge is 2.54. The highest BCUT2D eigenvalue weighted by Crippen LogP contribution is 2.34. The third-order valence-electron chi connectivity index (χ3n) is 3.04. The minimum absolute atomic E-state index is 0.0458. The van der Waals surface area contributed by atoms with Gasteiger partial charge in [0.1, 0.15) is 11.4 Å². The van der Waals surface area contributed by atoms with Crippen LogP contribution in [0.4, 0.5) is 4.79 Å². The standard InChI is InChI=1S/C9H13N3O3S/c1-2-4-12-8(13)11-7(10)9(12)3-5-16(14,15)6-9/h2H,1,3-6H2,(H2,10,11,13). The van der Waals surface area contributed by atoms with Crippen molar-refractivity contribution in [1.82, 2.24) is 4.90 Å². The zero-order valence-electron chi connectivity index (χ0n) is 8.72. The number of urea groups is 1. The normalized spacial score (nSPS) is 32.1. The minimum atomic E-state index is -3.13. The van der Waals surface area contributed by atoms with Crippen molar-refractivity contribution in [2.24, 2.45) is 10.7 Å². The lowest BCUT2D eigenvalue weighted by Crippen LogP contribution is -2.55. The summed E-state index contributed by atoms with van der Waals surface area (Å²) in [6, 6.07) is -0.477. The molecule has 88 valence electrons. The molecule has 1 spiro atoms. The number of nitrogens with two attached hydrogens (primary N) is 1. The number of hydrogen-bond donors (Lipinski definition) is 1. The molecule has 2 rings (SSSR count). The van der Waals surface area contributed by atoms with E-state index < -0.39 is 21.4 Å². The molecule has 6 nitrogen and oxygen atoms in total. The fourth-order valence-electron chi connectivity index (χ4n) is 2.22. The molecule has 16 heavy (non-hydrogen) atoms. The van der Waals surface area contributed by atoms with Gasteiger partial charge >= 0.3 is 6.03 Å². The van der Waals surface area contributed by atoms with E-state index in [0.29, 0.717) is 6.42 Å². The number of hydrogen-bond acceptors (Lipinski definition) is 4. The topological polar surface area (TPSA) is 92.8 Å². The number of sulfone groups is 1. The summed E-state index contributed by atoms with van der Waals surface area (Å²) in [6.45, 7) is 3.80. The Morgan fingerprint density at radius 1 is 1.62 bits per heavy atom. The lowest BCUT2D eigenvalue weighted by Gasteiger charge is -2.32. The summed E-state index contributed by atoms with van der Waals surface area (Å²) in [6.07, 6.45) is 1.86. The Labute approximate surface area is 93.7 Å². The Morgan fingerprint density at radius 3 is 2.81 bits per heavy atom. The zero-order valence-corrected chi connectivity index (χ0v) is 9.53. The van der Waals surface area contributed by atoms with Crippen LogP contribution in [0.25, 0.3) is 0 Å². The minimum Gasteiger partial charge on any atom is -0.385 e. The Balaban J connectivity index is 2.42. The molecule has 0 radical (unpaired) electrons. The van der Waals surface area contributed by atoms with Gasteiger partial charge in [-0.2, -0.15) is 4.99 Å². The highest BCUT2D eigenvalue weighted by molar-refractivity contribution is 7.91. The quantitative estimate of drug-likeness (QED) is 0.663. The van der Waals surface area contributed by atoms with E-state index in [2.05, 4.69) is 11.6 Å². The molecule has 2 heterocycles. The number of rotatable bonds is 2. The summed E-state index contributed by atoms with van der Waals surface area (Å²) < 4.78 is 23.0. The van der Waals surface area contributed by atoms with E-state index in [9.17, 15) is 13.2 Å². The summed E-state index contributed by atoms with van der Waals surface area (Å²) in [5.41, 5.74) is 4.77. The van der Waals surface area contributed by atoms with Gasteiger partial charge in [-0.25, -0.2) is 13.2 Å². The predicted molar refractivity (Wildman–Crippen MR) is 59.9 cm³/mol. The fraction of sp³-hybridized carbons (Fsp3) is 0.556. The van der Waals surface area contributed by atoms with Crippen molar-refractivity contribution < 1.29 is 13.2 Å². The number of nitrogens with zero attached hydrogens (tertiary/aromatic N) is 2. The van der Waals surface area contributed by atoms with Gasteiger partial charge in [0.25, 0.3) is 0 Å². The molecule has 1 fully saturated rings. The van der Waals surface area contributed by atoms with E-state index in [-0.39, 0.29) is 23.9 Å². The van der Waals surface area contributed by atoms with Gasteiger partial charge in [0.15, 0.2) is 9.84 Å². The molecule has 0 aromatic heterocycles. The third-order valence-corrected chi connectivity index (χ3v) is 4.78. The van der Waals surface area contributed by atoms with Crippen molar-refractivity contribution in [1.29, 1.82) is 0 Å². The number of amides is 2. The Bertz CT molecular complexity index is 482. The second-order valence-corrected chi connectivity index (χ2v) is 6.24. The van der Waals surface area contributed by atoms with E-state index in [1.165, 1.54) is 4.90 Å². The maximum atomic E-state index is 11.6. The molecule has 2 N–H and O–H groups in total. The fourth-order valence-corrected chi connectivity index (χ4v) is 4.19. The van der Waals surface area contributed by atoms with E-state index in [4.69, 9.17) is 5.73 Å². The first-order valence-electron chi connectivity index (χ1n) is 4.89. The van der Waals surface area contributed by atoms with Gasteiger partial charge in [0.05, 0.1) is 11.5 Å². The number of amidine groups is 1. The van der Waals surface area contributed by atoms with Crippen LogP contribution >= 0.6 is 0 Å². The highest BCUT2D eigenvalue weighted by atomic mass is 32.2. The van der Waals surface area contributed by atoms with Gasteiger partial charge in [0.2, 0.25) is 0 Å². The SMILES string of the molecule is C=CCN1C(=O)N=C(N)C12CCS(=O)(=O)C2. The van der Waals surface area contributed by atoms with Crippen LogP contribution in [-0.4, -0.2) is 48.8 Å². The van der Waals surface area contributed by atoms with Gasteiger partial charge in [-0.15, -0.1) is 6.58 Å². The van der Waals surface area contributed by atoms with Crippen LogP contribution in [-0.2, 0) is 9.84 Å². The second kappa shape index (κ2) is 3.31. The van der Waals surface area contributed by atoms with E-state index in [1.807, 2.05) is 0 Å². The molecular formula is C9H13N3O3S.